The molecule has 2 aromatic carbocycles. The van der Waals surface area contributed by atoms with Crippen LogP contribution in [-0.2, 0) is 4.79 Å². The average molecular weight is 379 g/mol. The number of rotatable bonds is 6. The smallest absolute Gasteiger partial charge is 0.267 e. The molecule has 28 heavy (non-hydrogen) atoms. The van der Waals surface area contributed by atoms with Crippen LogP contribution in [0.4, 0.5) is 15.9 Å². The molecular weight excluding hydrogens is 361 g/mol. The van der Waals surface area contributed by atoms with Crippen LogP contribution in [0.25, 0.3) is 6.08 Å². The number of hydrogen-bond donors (Lipinski definition) is 2. The Hall–Kier alpha value is -3.71. The number of pyridine rings is 1. The molecule has 0 fully saturated rings. The van der Waals surface area contributed by atoms with E-state index in [1.807, 2.05) is 36.2 Å². The molecule has 1 aromatic heterocycles. The van der Waals surface area contributed by atoms with Gasteiger partial charge in [-0.15, -0.1) is 0 Å². The Balaban J connectivity index is 1.97. The van der Waals surface area contributed by atoms with Gasteiger partial charge in [0.15, 0.2) is 0 Å². The van der Waals surface area contributed by atoms with Gasteiger partial charge in [0.2, 0.25) is 0 Å². The number of hydroxylamine groups is 1. The topological polar surface area (TPSA) is 74.7 Å². The fourth-order valence-electron chi connectivity index (χ4n) is 2.51. The van der Waals surface area contributed by atoms with Crippen LogP contribution in [0.1, 0.15) is 5.56 Å². The van der Waals surface area contributed by atoms with Crippen molar-refractivity contribution in [2.75, 3.05) is 11.9 Å². The summed E-state index contributed by atoms with van der Waals surface area (Å²) in [5, 5.41) is 8.70. The zero-order valence-electron chi connectivity index (χ0n) is 15.0. The van der Waals surface area contributed by atoms with Crippen LogP contribution in [0.3, 0.4) is 0 Å². The molecule has 0 unspecified atom stereocenters. The van der Waals surface area contributed by atoms with E-state index in [-0.39, 0.29) is 0 Å². The number of halogens is 1. The minimum Gasteiger partial charge on any atom is -0.457 e. The van der Waals surface area contributed by atoms with Gasteiger partial charge in [-0.2, -0.15) is 0 Å². The number of anilines is 2. The number of carbonyl (C=O) groups is 1. The number of nitrogens with zero attached hydrogens (tertiary/aromatic N) is 2. The third-order valence-corrected chi connectivity index (χ3v) is 3.92. The first-order valence-corrected chi connectivity index (χ1v) is 8.41. The molecule has 1 heterocycles. The van der Waals surface area contributed by atoms with E-state index in [4.69, 9.17) is 9.94 Å². The highest BCUT2D eigenvalue weighted by Gasteiger charge is 2.10. The lowest BCUT2D eigenvalue weighted by Gasteiger charge is -2.20. The maximum Gasteiger partial charge on any atom is 0.267 e. The Morgan fingerprint density at radius 1 is 1.18 bits per heavy atom. The second-order valence-corrected chi connectivity index (χ2v) is 5.84. The van der Waals surface area contributed by atoms with Crippen molar-refractivity contribution in [3.8, 4) is 11.5 Å². The molecule has 142 valence electrons. The Labute approximate surface area is 161 Å². The lowest BCUT2D eigenvalue weighted by molar-refractivity contribution is -0.124. The maximum atomic E-state index is 13.4. The first-order valence-electron chi connectivity index (χ1n) is 8.41. The van der Waals surface area contributed by atoms with Crippen molar-refractivity contribution < 1.29 is 19.1 Å². The molecule has 3 aromatic rings. The van der Waals surface area contributed by atoms with Crippen LogP contribution in [-0.4, -0.2) is 23.1 Å². The van der Waals surface area contributed by atoms with Crippen molar-refractivity contribution in [2.24, 2.45) is 0 Å². The van der Waals surface area contributed by atoms with E-state index in [0.29, 0.717) is 17.1 Å². The van der Waals surface area contributed by atoms with Crippen LogP contribution in [0.2, 0.25) is 0 Å². The quantitative estimate of drug-likeness (QED) is 0.379. The van der Waals surface area contributed by atoms with E-state index < -0.39 is 11.7 Å². The molecular formula is C21H18FN3O3. The Bertz CT molecular complexity index is 993. The van der Waals surface area contributed by atoms with Gasteiger partial charge in [-0.3, -0.25) is 10.0 Å². The minimum absolute atomic E-state index is 0.326. The first kappa shape index (κ1) is 19.1. The Morgan fingerprint density at radius 3 is 2.75 bits per heavy atom. The van der Waals surface area contributed by atoms with E-state index in [0.717, 1.165) is 17.6 Å². The van der Waals surface area contributed by atoms with Gasteiger partial charge >= 0.3 is 0 Å². The molecule has 7 heteroatoms. The van der Waals surface area contributed by atoms with Gasteiger partial charge in [-0.1, -0.05) is 12.1 Å². The number of nitrogens with one attached hydrogen (secondary N) is 1. The van der Waals surface area contributed by atoms with E-state index in [2.05, 4.69) is 4.98 Å². The fourth-order valence-corrected chi connectivity index (χ4v) is 2.51. The normalized spacial score (nSPS) is 10.7. The Kier molecular flexibility index (Phi) is 5.98. The second-order valence-electron chi connectivity index (χ2n) is 5.84. The van der Waals surface area contributed by atoms with Crippen LogP contribution < -0.4 is 15.1 Å². The molecule has 0 aliphatic carbocycles. The van der Waals surface area contributed by atoms with Crippen LogP contribution in [0, 0.1) is 5.82 Å². The van der Waals surface area contributed by atoms with Gasteiger partial charge in [0.1, 0.15) is 23.1 Å². The summed E-state index contributed by atoms with van der Waals surface area (Å²) in [5.41, 5.74) is 2.90. The number of aromatic nitrogens is 1. The van der Waals surface area contributed by atoms with Crippen molar-refractivity contribution in [3.05, 3.63) is 84.3 Å². The highest BCUT2D eigenvalue weighted by atomic mass is 19.1. The lowest BCUT2D eigenvalue weighted by atomic mass is 10.1. The fraction of sp³-hybridized carbons (Fsp3) is 0.0476. The molecule has 3 rings (SSSR count). The number of amides is 1. The number of benzene rings is 2. The summed E-state index contributed by atoms with van der Waals surface area (Å²) >= 11 is 0. The highest BCUT2D eigenvalue weighted by molar-refractivity contribution is 5.91. The van der Waals surface area contributed by atoms with Gasteiger partial charge in [-0.25, -0.2) is 14.9 Å². The number of carbonyl (C=O) groups excluding carboxylic acids is 1. The van der Waals surface area contributed by atoms with Crippen molar-refractivity contribution in [3.63, 3.8) is 0 Å². The molecule has 6 nitrogen and oxygen atoms in total. The average Bonchev–Trinajstić information content (AvgIpc) is 2.73. The van der Waals surface area contributed by atoms with Crippen molar-refractivity contribution in [2.45, 2.75) is 0 Å². The largest absolute Gasteiger partial charge is 0.457 e. The summed E-state index contributed by atoms with van der Waals surface area (Å²) in [4.78, 5) is 17.6. The lowest BCUT2D eigenvalue weighted by Crippen LogP contribution is -2.15. The summed E-state index contributed by atoms with van der Waals surface area (Å²) in [5.74, 6) is 0.392. The van der Waals surface area contributed by atoms with Gasteiger partial charge < -0.3 is 9.64 Å². The molecule has 0 spiro atoms. The number of ether oxygens (including phenoxy) is 1. The number of hydrogen-bond acceptors (Lipinski definition) is 5. The molecule has 2 N–H and O–H groups in total. The van der Waals surface area contributed by atoms with E-state index in [1.54, 1.807) is 30.5 Å². The third-order valence-electron chi connectivity index (χ3n) is 3.92. The zero-order valence-corrected chi connectivity index (χ0v) is 15.0. The molecule has 0 atom stereocenters. The SMILES string of the molecule is CN(c1ccc(Oc2cccc(F)c2)c(/C=C/C(=O)NO)c1)c1ccccn1. The molecule has 0 aliphatic rings. The van der Waals surface area contributed by atoms with Crippen molar-refractivity contribution >= 4 is 23.5 Å². The van der Waals surface area contributed by atoms with Crippen molar-refractivity contribution in [1.82, 2.24) is 10.5 Å². The van der Waals surface area contributed by atoms with Crippen molar-refractivity contribution in [1.29, 1.82) is 0 Å². The van der Waals surface area contributed by atoms with E-state index in [9.17, 15) is 9.18 Å². The standard InChI is InChI=1S/C21H18FN3O3/c1-25(20-7-2-3-12-23-20)17-9-10-19(15(13-17)8-11-21(26)24-27)28-18-6-4-5-16(22)14-18/h2-14,27H,1H3,(H,24,26)/b11-8+. The monoisotopic (exact) mass is 379 g/mol. The predicted octanol–water partition coefficient (Wildman–Crippen LogP) is 4.30. The van der Waals surface area contributed by atoms with E-state index >= 15 is 0 Å². The van der Waals surface area contributed by atoms with Crippen LogP contribution in [0.5, 0.6) is 11.5 Å². The highest BCUT2D eigenvalue weighted by Crippen LogP contribution is 2.32. The molecule has 0 aliphatic heterocycles. The second kappa shape index (κ2) is 8.79. The first-order chi connectivity index (χ1) is 13.6. The maximum absolute atomic E-state index is 13.4. The molecule has 0 bridgehead atoms. The molecule has 0 radical (unpaired) electrons. The summed E-state index contributed by atoms with van der Waals surface area (Å²) in [7, 11) is 1.86. The van der Waals surface area contributed by atoms with Crippen LogP contribution in [0.15, 0.2) is 72.9 Å². The summed E-state index contributed by atoms with van der Waals surface area (Å²) in [6, 6.07) is 16.7. The van der Waals surface area contributed by atoms with Gasteiger partial charge in [0.25, 0.3) is 5.91 Å². The Morgan fingerprint density at radius 2 is 2.04 bits per heavy atom. The van der Waals surface area contributed by atoms with Gasteiger partial charge in [0, 0.05) is 36.6 Å². The molecule has 1 amide bonds. The van der Waals surface area contributed by atoms with Crippen LogP contribution >= 0.6 is 0 Å². The summed E-state index contributed by atoms with van der Waals surface area (Å²) < 4.78 is 19.2. The summed E-state index contributed by atoms with van der Waals surface area (Å²) in [6.45, 7) is 0. The molecule has 0 saturated carbocycles. The van der Waals surface area contributed by atoms with E-state index in [1.165, 1.54) is 23.7 Å². The van der Waals surface area contributed by atoms with Gasteiger partial charge in [0.05, 0.1) is 0 Å². The molecule has 0 saturated heterocycles. The minimum atomic E-state index is -0.680. The third kappa shape index (κ3) is 4.72. The predicted molar refractivity (Wildman–Crippen MR) is 104 cm³/mol. The van der Waals surface area contributed by atoms with Gasteiger partial charge in [-0.05, 0) is 48.5 Å². The summed E-state index contributed by atoms with van der Waals surface area (Å²) in [6.07, 6.45) is 4.36. The zero-order chi connectivity index (χ0) is 19.9.